The Morgan fingerprint density at radius 2 is 1.49 bits per heavy atom. The molecule has 0 aliphatic heterocycles. The topological polar surface area (TPSA) is 211 Å². The number of pyridine rings is 2. The molecule has 234 valence electrons. The van der Waals surface area contributed by atoms with Gasteiger partial charge >= 0.3 is 0 Å². The third-order valence-corrected chi connectivity index (χ3v) is 7.12. The molecule has 0 aliphatic carbocycles. The number of nitrogens with zero attached hydrogens (tertiary/aromatic N) is 10. The standard InChI is InChI=1S/C17H14N8O.C13H12N6OS/c26-16(13-6-4-12(5-7-13)9-25-11-18-10-20-25)22-17-21-15(23-24-17)14-3-1-2-8-19-14;1-8-15-9(7-21-8)6-11(20)16-13-17-12(18-19-13)10-4-2-3-5-14-10/h1-8,10-11H,9H2,(H2,21,22,23,24,26);2-5,7H,6H2,1H3,(H2,16,17,18,19,20). The van der Waals surface area contributed by atoms with Gasteiger partial charge in [0.25, 0.3) is 5.91 Å². The van der Waals surface area contributed by atoms with Crippen molar-refractivity contribution in [3.05, 3.63) is 113 Å². The third kappa shape index (κ3) is 8.37. The lowest BCUT2D eigenvalue weighted by atomic mass is 10.1. The number of aryl methyl sites for hydroxylation is 1. The molecule has 6 heterocycles. The summed E-state index contributed by atoms with van der Waals surface area (Å²) in [5.74, 6) is 0.935. The maximum atomic E-state index is 12.3. The van der Waals surface area contributed by atoms with Crippen LogP contribution in [-0.4, -0.2) is 71.9 Å². The molecule has 16 nitrogen and oxygen atoms in total. The molecular weight excluding hydrogens is 620 g/mol. The van der Waals surface area contributed by atoms with E-state index in [1.54, 1.807) is 41.6 Å². The number of rotatable bonds is 9. The van der Waals surface area contributed by atoms with Crippen molar-refractivity contribution in [2.24, 2.45) is 0 Å². The number of carbonyl (C=O) groups is 2. The Bertz CT molecular complexity index is 2040. The van der Waals surface area contributed by atoms with Crippen LogP contribution in [0.4, 0.5) is 11.9 Å². The molecule has 0 atom stereocenters. The Kier molecular flexibility index (Phi) is 9.44. The van der Waals surface area contributed by atoms with E-state index in [-0.39, 0.29) is 30.1 Å². The van der Waals surface area contributed by atoms with Gasteiger partial charge in [-0.25, -0.2) is 14.6 Å². The van der Waals surface area contributed by atoms with Crippen LogP contribution in [0.5, 0.6) is 0 Å². The van der Waals surface area contributed by atoms with Crippen LogP contribution in [-0.2, 0) is 17.8 Å². The number of aromatic amines is 2. The predicted octanol–water partition coefficient (Wildman–Crippen LogP) is 3.57. The van der Waals surface area contributed by atoms with Crippen LogP contribution in [0.2, 0.25) is 0 Å². The number of thiazole rings is 1. The number of nitrogens with one attached hydrogen (secondary N) is 4. The Morgan fingerprint density at radius 1 is 0.830 bits per heavy atom. The first-order chi connectivity index (χ1) is 23.0. The smallest absolute Gasteiger partial charge is 0.258 e. The molecule has 0 fully saturated rings. The number of H-pyrrole nitrogens is 2. The van der Waals surface area contributed by atoms with Crippen LogP contribution in [0.15, 0.2) is 91.1 Å². The van der Waals surface area contributed by atoms with Crippen LogP contribution in [0.25, 0.3) is 23.0 Å². The number of amides is 2. The van der Waals surface area contributed by atoms with Crippen LogP contribution < -0.4 is 10.6 Å². The average molecular weight is 647 g/mol. The molecule has 47 heavy (non-hydrogen) atoms. The number of carbonyl (C=O) groups excluding carboxylic acids is 2. The van der Waals surface area contributed by atoms with E-state index in [9.17, 15) is 9.59 Å². The minimum absolute atomic E-state index is 0.197. The predicted molar refractivity (Wildman–Crippen MR) is 172 cm³/mol. The van der Waals surface area contributed by atoms with Gasteiger partial charge in [-0.1, -0.05) is 24.3 Å². The van der Waals surface area contributed by atoms with Gasteiger partial charge in [-0.15, -0.1) is 21.5 Å². The Labute approximate surface area is 270 Å². The molecule has 7 aromatic rings. The van der Waals surface area contributed by atoms with Gasteiger partial charge in [0.05, 0.1) is 23.7 Å². The van der Waals surface area contributed by atoms with Gasteiger partial charge in [-0.05, 0) is 48.9 Å². The van der Waals surface area contributed by atoms with Crippen LogP contribution in [0.1, 0.15) is 26.6 Å². The van der Waals surface area contributed by atoms with E-state index in [0.717, 1.165) is 16.3 Å². The molecule has 0 radical (unpaired) electrons. The number of hydrogen-bond donors (Lipinski definition) is 4. The lowest BCUT2D eigenvalue weighted by Crippen LogP contribution is -2.15. The second kappa shape index (κ2) is 14.5. The van der Waals surface area contributed by atoms with Gasteiger partial charge in [0.2, 0.25) is 17.8 Å². The molecule has 7 rings (SSSR count). The molecule has 0 unspecified atom stereocenters. The van der Waals surface area contributed by atoms with Crippen molar-refractivity contribution in [3.8, 4) is 23.0 Å². The molecule has 0 saturated heterocycles. The fourth-order valence-electron chi connectivity index (χ4n) is 4.13. The van der Waals surface area contributed by atoms with Gasteiger partial charge in [0, 0.05) is 23.3 Å². The Morgan fingerprint density at radius 3 is 2.04 bits per heavy atom. The van der Waals surface area contributed by atoms with Crippen molar-refractivity contribution < 1.29 is 9.59 Å². The molecule has 4 N–H and O–H groups in total. The lowest BCUT2D eigenvalue weighted by Gasteiger charge is -2.04. The quantitative estimate of drug-likeness (QED) is 0.178. The fourth-order valence-corrected chi connectivity index (χ4v) is 4.74. The summed E-state index contributed by atoms with van der Waals surface area (Å²) in [6.07, 6.45) is 6.66. The summed E-state index contributed by atoms with van der Waals surface area (Å²) in [6, 6.07) is 18.2. The van der Waals surface area contributed by atoms with Crippen molar-refractivity contribution in [2.75, 3.05) is 10.6 Å². The molecule has 0 bridgehead atoms. The first kappa shape index (κ1) is 30.5. The second-order valence-corrected chi connectivity index (χ2v) is 10.8. The van der Waals surface area contributed by atoms with Crippen molar-refractivity contribution in [2.45, 2.75) is 19.9 Å². The van der Waals surface area contributed by atoms with Crippen molar-refractivity contribution >= 4 is 35.0 Å². The molecule has 0 aliphatic rings. The highest BCUT2D eigenvalue weighted by Crippen LogP contribution is 2.15. The zero-order valence-electron chi connectivity index (χ0n) is 24.8. The lowest BCUT2D eigenvalue weighted by molar-refractivity contribution is -0.115. The summed E-state index contributed by atoms with van der Waals surface area (Å²) < 4.78 is 1.71. The van der Waals surface area contributed by atoms with E-state index < -0.39 is 0 Å². The monoisotopic (exact) mass is 646 g/mol. The normalized spacial score (nSPS) is 10.6. The van der Waals surface area contributed by atoms with Gasteiger partial charge in [-0.2, -0.15) is 15.1 Å². The van der Waals surface area contributed by atoms with E-state index in [2.05, 4.69) is 66.0 Å². The first-order valence-corrected chi connectivity index (χ1v) is 15.0. The summed E-state index contributed by atoms with van der Waals surface area (Å²) >= 11 is 1.52. The molecule has 0 saturated carbocycles. The SMILES string of the molecule is Cc1nc(CC(=O)Nc2n[nH]c(-c3ccccn3)n2)cs1.O=C(Nc1n[nH]c(-c2ccccn2)n1)c1ccc(Cn2cncn2)cc1. The molecule has 17 heteroatoms. The molecule has 1 aromatic carbocycles. The van der Waals surface area contributed by atoms with E-state index >= 15 is 0 Å². The van der Waals surface area contributed by atoms with Crippen molar-refractivity contribution in [1.82, 2.24) is 60.1 Å². The first-order valence-electron chi connectivity index (χ1n) is 14.1. The molecule has 0 spiro atoms. The second-order valence-electron chi connectivity index (χ2n) is 9.77. The summed E-state index contributed by atoms with van der Waals surface area (Å²) in [5.41, 5.74) is 3.59. The van der Waals surface area contributed by atoms with E-state index in [1.165, 1.54) is 17.7 Å². The highest BCUT2D eigenvalue weighted by atomic mass is 32.1. The Balaban J connectivity index is 0.000000168. The third-order valence-electron chi connectivity index (χ3n) is 6.30. The molecule has 2 amide bonds. The maximum Gasteiger partial charge on any atom is 0.258 e. The number of aromatic nitrogens is 12. The number of benzene rings is 1. The highest BCUT2D eigenvalue weighted by Gasteiger charge is 2.13. The zero-order chi connectivity index (χ0) is 32.4. The summed E-state index contributed by atoms with van der Waals surface area (Å²) in [7, 11) is 0. The van der Waals surface area contributed by atoms with E-state index in [0.29, 0.717) is 35.1 Å². The summed E-state index contributed by atoms with van der Waals surface area (Å²) in [6.45, 7) is 2.50. The molecular formula is C30H26N14O2S. The van der Waals surface area contributed by atoms with E-state index in [4.69, 9.17) is 0 Å². The molecule has 6 aromatic heterocycles. The number of anilines is 2. The van der Waals surface area contributed by atoms with Gasteiger partial charge in [-0.3, -0.25) is 40.4 Å². The largest absolute Gasteiger partial charge is 0.293 e. The van der Waals surface area contributed by atoms with Gasteiger partial charge in [0.15, 0.2) is 11.6 Å². The van der Waals surface area contributed by atoms with Crippen LogP contribution in [0.3, 0.4) is 0 Å². The Hall–Kier alpha value is -6.49. The van der Waals surface area contributed by atoms with Crippen LogP contribution in [0, 0.1) is 6.92 Å². The minimum atomic E-state index is -0.288. The number of hydrogen-bond acceptors (Lipinski definition) is 12. The zero-order valence-corrected chi connectivity index (χ0v) is 25.6. The van der Waals surface area contributed by atoms with Gasteiger partial charge in [0.1, 0.15) is 24.0 Å². The summed E-state index contributed by atoms with van der Waals surface area (Å²) in [4.78, 5) is 49.1. The van der Waals surface area contributed by atoms with Crippen LogP contribution >= 0.6 is 11.3 Å². The van der Waals surface area contributed by atoms with Crippen molar-refractivity contribution in [3.63, 3.8) is 0 Å². The average Bonchev–Trinajstić information content (AvgIpc) is 3.93. The maximum absolute atomic E-state index is 12.3. The summed E-state index contributed by atoms with van der Waals surface area (Å²) in [5, 5.41) is 25.6. The minimum Gasteiger partial charge on any atom is -0.293 e. The highest BCUT2D eigenvalue weighted by molar-refractivity contribution is 7.09. The van der Waals surface area contributed by atoms with E-state index in [1.807, 2.05) is 54.8 Å². The van der Waals surface area contributed by atoms with Gasteiger partial charge < -0.3 is 0 Å². The fraction of sp³-hybridized carbons (Fsp3) is 0.100. The van der Waals surface area contributed by atoms with Crippen molar-refractivity contribution in [1.29, 1.82) is 0 Å².